The standard InChI is InChI=1S/2C16H14FN3O3S/c1-16(2,7-12(21)22)14(23)20-15-19-13(11(8-18)24-15)9-3-5-10(17)6-4-9;1-9(2-7-13(21)22)15(23)20-16-19-14(12(8-18)24-16)10-3-5-11(17)6-4-10/h3-6H,7H2,1-2H3,(H,21,22)(H,19,20,23);3-6,9H,2,7H2,1H3,(H,21,22)(H,19,20,23)/t;9-/m.0/s1. The van der Waals surface area contributed by atoms with Crippen LogP contribution in [0.25, 0.3) is 22.5 Å². The van der Waals surface area contributed by atoms with Crippen molar-refractivity contribution < 1.29 is 38.2 Å². The fourth-order valence-corrected chi connectivity index (χ4v) is 5.50. The van der Waals surface area contributed by atoms with E-state index in [1.54, 1.807) is 6.92 Å². The van der Waals surface area contributed by atoms with Gasteiger partial charge in [-0.25, -0.2) is 18.7 Å². The van der Waals surface area contributed by atoms with Crippen molar-refractivity contribution in [3.8, 4) is 34.7 Å². The Morgan fingerprint density at radius 2 is 1.25 bits per heavy atom. The highest BCUT2D eigenvalue weighted by atomic mass is 32.1. The van der Waals surface area contributed by atoms with Gasteiger partial charge in [0.25, 0.3) is 0 Å². The predicted molar refractivity (Wildman–Crippen MR) is 174 cm³/mol. The molecule has 1 atom stereocenters. The molecule has 48 heavy (non-hydrogen) atoms. The minimum atomic E-state index is -1.12. The summed E-state index contributed by atoms with van der Waals surface area (Å²) in [5, 5.41) is 41.5. The number of carbonyl (C=O) groups excluding carboxylic acids is 2. The van der Waals surface area contributed by atoms with E-state index in [1.165, 1.54) is 62.4 Å². The molecule has 0 saturated carbocycles. The molecule has 0 aliphatic carbocycles. The molecule has 0 aliphatic rings. The Labute approximate surface area is 281 Å². The number of rotatable bonds is 11. The average molecular weight is 695 g/mol. The number of aliphatic carboxylic acids is 2. The molecule has 0 spiro atoms. The van der Waals surface area contributed by atoms with E-state index < -0.39 is 40.8 Å². The summed E-state index contributed by atoms with van der Waals surface area (Å²) in [4.78, 5) is 54.6. The molecule has 2 aromatic carbocycles. The zero-order valence-corrected chi connectivity index (χ0v) is 27.3. The van der Waals surface area contributed by atoms with Crippen LogP contribution in [0.5, 0.6) is 0 Å². The number of hydrogen-bond acceptors (Lipinski definition) is 10. The van der Waals surface area contributed by atoms with E-state index in [0.29, 0.717) is 27.4 Å². The first-order chi connectivity index (χ1) is 22.6. The lowest BCUT2D eigenvalue weighted by Crippen LogP contribution is -2.32. The highest BCUT2D eigenvalue weighted by Crippen LogP contribution is 2.33. The van der Waals surface area contributed by atoms with Crippen LogP contribution in [0.15, 0.2) is 48.5 Å². The Morgan fingerprint density at radius 1 is 0.812 bits per heavy atom. The second kappa shape index (κ2) is 16.3. The van der Waals surface area contributed by atoms with Crippen molar-refractivity contribution >= 4 is 56.7 Å². The predicted octanol–water partition coefficient (Wildman–Crippen LogP) is 6.52. The first-order valence-electron chi connectivity index (χ1n) is 14.0. The van der Waals surface area contributed by atoms with Crippen molar-refractivity contribution in [3.05, 3.63) is 69.9 Å². The van der Waals surface area contributed by atoms with Crippen molar-refractivity contribution in [2.75, 3.05) is 10.6 Å². The highest BCUT2D eigenvalue weighted by Gasteiger charge is 2.31. The number of benzene rings is 2. The van der Waals surface area contributed by atoms with Gasteiger partial charge in [0.15, 0.2) is 10.3 Å². The Bertz CT molecular complexity index is 1890. The first-order valence-corrected chi connectivity index (χ1v) is 15.7. The minimum Gasteiger partial charge on any atom is -0.481 e. The van der Waals surface area contributed by atoms with Gasteiger partial charge >= 0.3 is 11.9 Å². The summed E-state index contributed by atoms with van der Waals surface area (Å²) < 4.78 is 26.0. The number of nitrogens with one attached hydrogen (secondary N) is 2. The number of aromatic nitrogens is 2. The van der Waals surface area contributed by atoms with E-state index in [9.17, 15) is 38.5 Å². The number of hydrogen-bond donors (Lipinski definition) is 4. The van der Waals surface area contributed by atoms with Gasteiger partial charge in [-0.3, -0.25) is 19.2 Å². The van der Waals surface area contributed by atoms with E-state index in [-0.39, 0.29) is 40.3 Å². The second-order valence-corrected chi connectivity index (χ2v) is 12.9. The summed E-state index contributed by atoms with van der Waals surface area (Å²) in [6.45, 7) is 4.64. The smallest absolute Gasteiger partial charge is 0.304 e. The lowest BCUT2D eigenvalue weighted by molar-refractivity contribution is -0.142. The Hall–Kier alpha value is -5.58. The van der Waals surface area contributed by atoms with Gasteiger partial charge in [-0.2, -0.15) is 10.5 Å². The number of anilines is 2. The van der Waals surface area contributed by atoms with Crippen molar-refractivity contribution in [1.82, 2.24) is 9.97 Å². The zero-order valence-electron chi connectivity index (χ0n) is 25.7. The van der Waals surface area contributed by atoms with Crippen LogP contribution in [0, 0.1) is 45.6 Å². The van der Waals surface area contributed by atoms with Gasteiger partial charge in [0.1, 0.15) is 44.9 Å². The number of carbonyl (C=O) groups is 4. The fraction of sp³-hybridized carbons (Fsp3) is 0.250. The van der Waals surface area contributed by atoms with Crippen molar-refractivity contribution in [2.45, 2.75) is 40.0 Å². The normalized spacial score (nSPS) is 11.2. The molecule has 0 unspecified atom stereocenters. The van der Waals surface area contributed by atoms with Crippen LogP contribution in [0.2, 0.25) is 0 Å². The maximum Gasteiger partial charge on any atom is 0.304 e. The molecule has 2 heterocycles. The Kier molecular flexibility index (Phi) is 12.5. The number of nitriles is 2. The number of halogens is 2. The lowest BCUT2D eigenvalue weighted by Gasteiger charge is -2.20. The van der Waals surface area contributed by atoms with Gasteiger partial charge in [-0.05, 0) is 55.0 Å². The lowest BCUT2D eigenvalue weighted by atomic mass is 9.88. The monoisotopic (exact) mass is 694 g/mol. The van der Waals surface area contributed by atoms with Crippen LogP contribution in [-0.2, 0) is 19.2 Å². The van der Waals surface area contributed by atoms with Crippen LogP contribution < -0.4 is 10.6 Å². The maximum atomic E-state index is 13.0. The summed E-state index contributed by atoms with van der Waals surface area (Å²) in [6, 6.07) is 15.0. The molecular weight excluding hydrogens is 667 g/mol. The van der Waals surface area contributed by atoms with Gasteiger partial charge in [0.2, 0.25) is 11.8 Å². The number of thiazole rings is 2. The van der Waals surface area contributed by atoms with Crippen molar-refractivity contribution in [1.29, 1.82) is 10.5 Å². The number of nitrogens with zero attached hydrogens (tertiary/aromatic N) is 4. The van der Waals surface area contributed by atoms with Crippen LogP contribution in [0.3, 0.4) is 0 Å². The molecule has 4 aromatic rings. The molecule has 12 nitrogen and oxygen atoms in total. The number of amides is 2. The largest absolute Gasteiger partial charge is 0.481 e. The van der Waals surface area contributed by atoms with Gasteiger partial charge in [-0.15, -0.1) is 0 Å². The third kappa shape index (κ3) is 10.2. The van der Waals surface area contributed by atoms with Crippen molar-refractivity contribution in [3.63, 3.8) is 0 Å². The topological polar surface area (TPSA) is 206 Å². The van der Waals surface area contributed by atoms with Gasteiger partial charge in [0.05, 0.1) is 11.8 Å². The molecule has 0 saturated heterocycles. The summed E-state index contributed by atoms with van der Waals surface area (Å²) in [6.07, 6.45) is -0.223. The second-order valence-electron chi connectivity index (χ2n) is 10.9. The number of carboxylic acid groups (broad SMARTS) is 2. The van der Waals surface area contributed by atoms with Crippen molar-refractivity contribution in [2.24, 2.45) is 11.3 Å². The average Bonchev–Trinajstić information content (AvgIpc) is 3.63. The molecule has 2 amide bonds. The van der Waals surface area contributed by atoms with Crippen LogP contribution in [-0.4, -0.2) is 43.9 Å². The summed E-state index contributed by atoms with van der Waals surface area (Å²) >= 11 is 1.99. The quantitative estimate of drug-likeness (QED) is 0.134. The van der Waals surface area contributed by atoms with E-state index in [2.05, 4.69) is 20.6 Å². The van der Waals surface area contributed by atoms with Crippen LogP contribution in [0.1, 0.15) is 49.8 Å². The molecule has 0 fully saturated rings. The molecule has 4 rings (SSSR count). The summed E-state index contributed by atoms with van der Waals surface area (Å²) in [5.74, 6) is -4.21. The summed E-state index contributed by atoms with van der Waals surface area (Å²) in [7, 11) is 0. The molecule has 0 radical (unpaired) electrons. The third-order valence-electron chi connectivity index (χ3n) is 6.59. The van der Waals surface area contributed by atoms with E-state index in [1.807, 2.05) is 12.1 Å². The zero-order chi connectivity index (χ0) is 35.6. The Morgan fingerprint density at radius 3 is 1.65 bits per heavy atom. The molecule has 16 heteroatoms. The highest BCUT2D eigenvalue weighted by molar-refractivity contribution is 7.17. The van der Waals surface area contributed by atoms with Crippen LogP contribution in [0.4, 0.5) is 19.0 Å². The minimum absolute atomic E-state index is 0.100. The molecule has 2 aromatic heterocycles. The molecule has 0 aliphatic heterocycles. The molecule has 248 valence electrons. The third-order valence-corrected chi connectivity index (χ3v) is 8.34. The number of carboxylic acids is 2. The molecule has 0 bridgehead atoms. The van der Waals surface area contributed by atoms with E-state index in [0.717, 1.165) is 22.7 Å². The molecular formula is C32H28F2N6O6S2. The maximum absolute atomic E-state index is 13.0. The SMILES string of the molecule is CC(C)(CC(=O)O)C(=O)Nc1nc(-c2ccc(F)cc2)c(C#N)s1.C[C@@H](CCC(=O)O)C(=O)Nc1nc(-c2ccc(F)cc2)c(C#N)s1. The van der Waals surface area contributed by atoms with Crippen LogP contribution >= 0.6 is 22.7 Å². The van der Waals surface area contributed by atoms with Gasteiger partial charge < -0.3 is 20.8 Å². The Balaban J connectivity index is 0.000000260. The molecule has 4 N–H and O–H groups in total. The van der Waals surface area contributed by atoms with Gasteiger partial charge in [0, 0.05) is 23.5 Å². The first kappa shape index (κ1) is 36.9. The summed E-state index contributed by atoms with van der Waals surface area (Å²) in [5.41, 5.74) is 0.711. The van der Waals surface area contributed by atoms with E-state index in [4.69, 9.17) is 10.2 Å². The van der Waals surface area contributed by atoms with Gasteiger partial charge in [-0.1, -0.05) is 43.4 Å². The fourth-order valence-electron chi connectivity index (χ4n) is 3.93. The van der Waals surface area contributed by atoms with E-state index >= 15 is 0 Å².